The lowest BCUT2D eigenvalue weighted by Crippen LogP contribution is -2.48. The number of nitrogens with one attached hydrogen (secondary N) is 3. The topological polar surface area (TPSA) is 142 Å². The molecule has 0 saturated carbocycles. The fourth-order valence-corrected chi connectivity index (χ4v) is 5.03. The van der Waals surface area contributed by atoms with E-state index in [1.54, 1.807) is 24.4 Å². The van der Waals surface area contributed by atoms with Crippen molar-refractivity contribution in [3.05, 3.63) is 59.4 Å². The largest absolute Gasteiger partial charge is 0.381 e. The highest BCUT2D eigenvalue weighted by Gasteiger charge is 2.50. The zero-order valence-electron chi connectivity index (χ0n) is 20.5. The van der Waals surface area contributed by atoms with Crippen LogP contribution in [-0.2, 0) is 32.0 Å². The molecule has 3 aliphatic rings. The average molecular weight is 505 g/mol. The van der Waals surface area contributed by atoms with Crippen LogP contribution in [0.15, 0.2) is 47.6 Å². The summed E-state index contributed by atoms with van der Waals surface area (Å²) in [6.07, 6.45) is 3.53. The standard InChI is InChI=1S/C26H28N6O5/c1-27-25(36)30-23(34)18-12-16-5-6-19(14-17(16)13-18)29-21(33)15-32-22(20-4-2-3-9-28-20)31-26(24(32)35)7-10-37-11-8-26/h2-6,9,14,18H,7-8,10-13,15H2,1H3,(H,29,33)(H2,27,30,34,36)/t18-/m1/s1. The van der Waals surface area contributed by atoms with Gasteiger partial charge in [0.05, 0.1) is 0 Å². The maximum Gasteiger partial charge on any atom is 0.321 e. The quantitative estimate of drug-likeness (QED) is 0.555. The van der Waals surface area contributed by atoms with Crippen LogP contribution in [0, 0.1) is 5.92 Å². The van der Waals surface area contributed by atoms with Crippen LogP contribution in [0.2, 0.25) is 0 Å². The number of anilines is 1. The van der Waals surface area contributed by atoms with Crippen molar-refractivity contribution in [3.8, 4) is 0 Å². The number of carbonyl (C=O) groups is 4. The molecule has 1 aromatic heterocycles. The van der Waals surface area contributed by atoms with E-state index < -0.39 is 11.6 Å². The number of nitrogens with zero attached hydrogens (tertiary/aromatic N) is 3. The number of amides is 5. The third-order valence-corrected chi connectivity index (χ3v) is 6.99. The summed E-state index contributed by atoms with van der Waals surface area (Å²) in [5.74, 6) is -0.884. The lowest BCUT2D eigenvalue weighted by Gasteiger charge is -2.29. The molecule has 2 aliphatic heterocycles. The van der Waals surface area contributed by atoms with E-state index in [0.717, 1.165) is 11.1 Å². The number of fused-ring (bicyclic) bond motifs is 1. The van der Waals surface area contributed by atoms with E-state index in [-0.39, 0.29) is 30.2 Å². The number of benzene rings is 1. The summed E-state index contributed by atoms with van der Waals surface area (Å²) in [6.45, 7) is 0.662. The third kappa shape index (κ3) is 4.94. The predicted octanol–water partition coefficient (Wildman–Crippen LogP) is 1.03. The molecule has 37 heavy (non-hydrogen) atoms. The van der Waals surface area contributed by atoms with Crippen LogP contribution in [0.25, 0.3) is 0 Å². The highest BCUT2D eigenvalue weighted by Crippen LogP contribution is 2.34. The Morgan fingerprint density at radius 2 is 1.89 bits per heavy atom. The maximum atomic E-state index is 13.5. The van der Waals surface area contributed by atoms with Gasteiger partial charge in [0.25, 0.3) is 5.91 Å². The Labute approximate surface area is 213 Å². The average Bonchev–Trinajstić information content (AvgIpc) is 3.45. The Bertz CT molecular complexity index is 1270. The van der Waals surface area contributed by atoms with Crippen LogP contribution in [-0.4, -0.2) is 71.8 Å². The van der Waals surface area contributed by atoms with Crippen molar-refractivity contribution in [1.29, 1.82) is 0 Å². The molecule has 1 saturated heterocycles. The van der Waals surface area contributed by atoms with E-state index in [1.165, 1.54) is 11.9 Å². The number of amidine groups is 1. The number of hydrogen-bond donors (Lipinski definition) is 3. The number of aromatic nitrogens is 1. The van der Waals surface area contributed by atoms with E-state index in [1.807, 2.05) is 18.2 Å². The molecular formula is C26H28N6O5. The Morgan fingerprint density at radius 3 is 2.62 bits per heavy atom. The summed E-state index contributed by atoms with van der Waals surface area (Å²) in [6, 6.07) is 10.3. The number of rotatable bonds is 5. The lowest BCUT2D eigenvalue weighted by atomic mass is 9.90. The van der Waals surface area contributed by atoms with Gasteiger partial charge in [-0.15, -0.1) is 0 Å². The number of hydrogen-bond acceptors (Lipinski definition) is 7. The van der Waals surface area contributed by atoms with Crippen LogP contribution < -0.4 is 16.0 Å². The number of imide groups is 1. The predicted molar refractivity (Wildman–Crippen MR) is 134 cm³/mol. The lowest BCUT2D eigenvalue weighted by molar-refractivity contribution is -0.136. The first-order valence-electron chi connectivity index (χ1n) is 12.2. The van der Waals surface area contributed by atoms with Crippen molar-refractivity contribution >= 4 is 35.3 Å². The van der Waals surface area contributed by atoms with Crippen LogP contribution in [0.5, 0.6) is 0 Å². The Morgan fingerprint density at radius 1 is 1.11 bits per heavy atom. The Kier molecular flexibility index (Phi) is 6.70. The van der Waals surface area contributed by atoms with Gasteiger partial charge in [0.15, 0.2) is 5.84 Å². The second-order valence-electron chi connectivity index (χ2n) is 9.39. The molecule has 1 fully saturated rings. The van der Waals surface area contributed by atoms with Gasteiger partial charge < -0.3 is 15.4 Å². The van der Waals surface area contributed by atoms with Gasteiger partial charge in [-0.1, -0.05) is 12.1 Å². The summed E-state index contributed by atoms with van der Waals surface area (Å²) in [5, 5.41) is 7.56. The van der Waals surface area contributed by atoms with Gasteiger partial charge in [-0.3, -0.25) is 29.6 Å². The highest BCUT2D eigenvalue weighted by molar-refractivity contribution is 6.16. The van der Waals surface area contributed by atoms with Gasteiger partial charge >= 0.3 is 6.03 Å². The second-order valence-corrected chi connectivity index (χ2v) is 9.39. The van der Waals surface area contributed by atoms with Gasteiger partial charge in [0.2, 0.25) is 11.8 Å². The van der Waals surface area contributed by atoms with Crippen LogP contribution in [0.1, 0.15) is 29.7 Å². The first-order chi connectivity index (χ1) is 17.9. The summed E-state index contributed by atoms with van der Waals surface area (Å²) < 4.78 is 5.44. The zero-order chi connectivity index (χ0) is 26.0. The van der Waals surface area contributed by atoms with Gasteiger partial charge in [0.1, 0.15) is 17.8 Å². The van der Waals surface area contributed by atoms with Crippen LogP contribution in [0.3, 0.4) is 0 Å². The van der Waals surface area contributed by atoms with Gasteiger partial charge in [-0.2, -0.15) is 0 Å². The molecular weight excluding hydrogens is 476 g/mol. The molecule has 0 radical (unpaired) electrons. The zero-order valence-corrected chi connectivity index (χ0v) is 20.5. The van der Waals surface area contributed by atoms with Crippen LogP contribution in [0.4, 0.5) is 10.5 Å². The molecule has 5 amide bonds. The minimum atomic E-state index is -0.927. The monoisotopic (exact) mass is 504 g/mol. The molecule has 5 rings (SSSR count). The first kappa shape index (κ1) is 24.6. The van der Waals surface area contributed by atoms with Crippen LogP contribution >= 0.6 is 0 Å². The van der Waals surface area contributed by atoms with E-state index >= 15 is 0 Å². The number of aliphatic imine (C=N–C) groups is 1. The first-order valence-corrected chi connectivity index (χ1v) is 12.2. The molecule has 1 aliphatic carbocycles. The molecule has 11 heteroatoms. The van der Waals surface area contributed by atoms with Gasteiger partial charge in [0, 0.05) is 50.9 Å². The van der Waals surface area contributed by atoms with Gasteiger partial charge in [-0.25, -0.2) is 9.79 Å². The van der Waals surface area contributed by atoms with Crippen molar-refractivity contribution in [2.24, 2.45) is 10.9 Å². The fourth-order valence-electron chi connectivity index (χ4n) is 5.03. The number of urea groups is 1. The third-order valence-electron chi connectivity index (χ3n) is 6.99. The van der Waals surface area contributed by atoms with E-state index in [9.17, 15) is 19.2 Å². The van der Waals surface area contributed by atoms with Crippen molar-refractivity contribution < 1.29 is 23.9 Å². The maximum absolute atomic E-state index is 13.5. The normalized spacial score (nSPS) is 19.8. The summed E-state index contributed by atoms with van der Waals surface area (Å²) in [5.41, 5.74) is 2.11. The number of ether oxygens (including phenoxy) is 1. The van der Waals surface area contributed by atoms with E-state index in [2.05, 4.69) is 20.9 Å². The van der Waals surface area contributed by atoms with Crippen molar-refractivity contribution in [1.82, 2.24) is 20.5 Å². The molecule has 1 aromatic carbocycles. The van der Waals surface area contributed by atoms with E-state index in [4.69, 9.17) is 9.73 Å². The molecule has 2 aromatic rings. The molecule has 1 atom stereocenters. The SMILES string of the molecule is CNC(=O)NC(=O)[C@@H]1Cc2ccc(NC(=O)CN3C(=O)C4(CCOCC4)N=C3c3ccccn3)cc2C1. The van der Waals surface area contributed by atoms with Gasteiger partial charge in [-0.05, 0) is 48.2 Å². The summed E-state index contributed by atoms with van der Waals surface area (Å²) in [4.78, 5) is 60.9. The molecule has 3 N–H and O–H groups in total. The van der Waals surface area contributed by atoms with Crippen molar-refractivity contribution in [2.45, 2.75) is 31.2 Å². The summed E-state index contributed by atoms with van der Waals surface area (Å²) >= 11 is 0. The minimum Gasteiger partial charge on any atom is -0.381 e. The fraction of sp³-hybridized carbons (Fsp3) is 0.385. The molecule has 0 unspecified atom stereocenters. The number of pyridine rings is 1. The van der Waals surface area contributed by atoms with Crippen molar-refractivity contribution in [3.63, 3.8) is 0 Å². The summed E-state index contributed by atoms with van der Waals surface area (Å²) in [7, 11) is 1.45. The number of carbonyl (C=O) groups excluding carboxylic acids is 4. The minimum absolute atomic E-state index is 0.203. The van der Waals surface area contributed by atoms with E-state index in [0.29, 0.717) is 56.1 Å². The molecule has 3 heterocycles. The smallest absolute Gasteiger partial charge is 0.321 e. The van der Waals surface area contributed by atoms with Crippen molar-refractivity contribution in [2.75, 3.05) is 32.1 Å². The highest BCUT2D eigenvalue weighted by atomic mass is 16.5. The molecule has 192 valence electrons. The molecule has 1 spiro atoms. The second kappa shape index (κ2) is 10.1. The Hall–Kier alpha value is -4.12. The molecule has 0 bridgehead atoms. The molecule has 11 nitrogen and oxygen atoms in total. The Balaban J connectivity index is 1.28.